The third-order valence-corrected chi connectivity index (χ3v) is 6.49. The number of nitrogens with zero attached hydrogens (tertiary/aromatic N) is 3. The molecule has 214 valence electrons. The van der Waals surface area contributed by atoms with Crippen molar-refractivity contribution in [1.29, 1.82) is 0 Å². The molecule has 2 aromatic rings. The van der Waals surface area contributed by atoms with Gasteiger partial charge in [0.15, 0.2) is 0 Å². The first-order chi connectivity index (χ1) is 18.8. The lowest BCUT2D eigenvalue weighted by atomic mass is 9.99. The largest absolute Gasteiger partial charge is 0.460 e. The molecule has 2 amide bonds. The molecular weight excluding hydrogens is 508 g/mol. The minimum Gasteiger partial charge on any atom is -0.460 e. The third-order valence-electron chi connectivity index (χ3n) is 6.49. The van der Waals surface area contributed by atoms with Crippen LogP contribution in [-0.4, -0.2) is 72.0 Å². The molecule has 0 aromatic heterocycles. The Labute approximate surface area is 236 Å². The van der Waals surface area contributed by atoms with Crippen LogP contribution in [0.25, 0.3) is 0 Å². The molecule has 4 rings (SSSR count). The van der Waals surface area contributed by atoms with Gasteiger partial charge in [-0.2, -0.15) is 0 Å². The van der Waals surface area contributed by atoms with E-state index in [-0.39, 0.29) is 30.8 Å². The molecule has 1 atom stereocenters. The van der Waals surface area contributed by atoms with E-state index < -0.39 is 17.2 Å². The van der Waals surface area contributed by atoms with E-state index in [9.17, 15) is 14.4 Å². The van der Waals surface area contributed by atoms with Crippen LogP contribution in [0.15, 0.2) is 53.5 Å². The molecular formula is C31H40N4O5. The lowest BCUT2D eigenvalue weighted by molar-refractivity contribution is -0.155. The van der Waals surface area contributed by atoms with Crippen molar-refractivity contribution >= 4 is 35.1 Å². The summed E-state index contributed by atoms with van der Waals surface area (Å²) >= 11 is 0. The number of ether oxygens (including phenoxy) is 2. The number of carbonyl (C=O) groups excluding carboxylic acids is 3. The van der Waals surface area contributed by atoms with E-state index in [1.807, 2.05) is 90.1 Å². The van der Waals surface area contributed by atoms with Crippen molar-refractivity contribution in [3.8, 4) is 0 Å². The van der Waals surface area contributed by atoms with Crippen LogP contribution in [0.5, 0.6) is 0 Å². The van der Waals surface area contributed by atoms with E-state index in [4.69, 9.17) is 14.5 Å². The second-order valence-electron chi connectivity index (χ2n) is 12.1. The Bertz CT molecular complexity index is 1270. The van der Waals surface area contributed by atoms with Crippen LogP contribution in [0.1, 0.15) is 65.5 Å². The Balaban J connectivity index is 1.60. The SMILES string of the molecule is CC(C)(C)OC(=O)CC[C@@H]1N=C(c2ccccc2)c2cccc(N3CCN(C(=O)OC(C)(C)C)CC3)c2NC1=O. The zero-order valence-corrected chi connectivity index (χ0v) is 24.3. The molecule has 9 heteroatoms. The van der Waals surface area contributed by atoms with Crippen molar-refractivity contribution in [2.75, 3.05) is 36.4 Å². The minimum absolute atomic E-state index is 0.0801. The van der Waals surface area contributed by atoms with Crippen LogP contribution in [0.4, 0.5) is 16.2 Å². The second-order valence-corrected chi connectivity index (χ2v) is 12.1. The van der Waals surface area contributed by atoms with Crippen LogP contribution in [-0.2, 0) is 19.1 Å². The van der Waals surface area contributed by atoms with Gasteiger partial charge in [-0.1, -0.05) is 42.5 Å². The fourth-order valence-corrected chi connectivity index (χ4v) is 4.75. The lowest BCUT2D eigenvalue weighted by Gasteiger charge is -2.37. The van der Waals surface area contributed by atoms with E-state index in [0.29, 0.717) is 37.6 Å². The summed E-state index contributed by atoms with van der Waals surface area (Å²) in [5.41, 5.74) is 2.78. The molecule has 0 aliphatic carbocycles. The highest BCUT2D eigenvalue weighted by molar-refractivity contribution is 6.21. The zero-order valence-electron chi connectivity index (χ0n) is 24.3. The molecule has 0 bridgehead atoms. The first kappa shape index (κ1) is 29.1. The summed E-state index contributed by atoms with van der Waals surface area (Å²) in [6.45, 7) is 13.2. The summed E-state index contributed by atoms with van der Waals surface area (Å²) < 4.78 is 11.0. The Morgan fingerprint density at radius 1 is 0.900 bits per heavy atom. The third kappa shape index (κ3) is 7.40. The van der Waals surface area contributed by atoms with Gasteiger partial charge in [-0.3, -0.25) is 14.6 Å². The molecule has 0 spiro atoms. The van der Waals surface area contributed by atoms with Crippen LogP contribution >= 0.6 is 0 Å². The number of benzene rings is 2. The van der Waals surface area contributed by atoms with Gasteiger partial charge in [0.25, 0.3) is 0 Å². The van der Waals surface area contributed by atoms with E-state index in [1.165, 1.54) is 0 Å². The predicted molar refractivity (Wildman–Crippen MR) is 156 cm³/mol. The first-order valence-corrected chi connectivity index (χ1v) is 13.8. The van der Waals surface area contributed by atoms with E-state index in [0.717, 1.165) is 16.8 Å². The smallest absolute Gasteiger partial charge is 0.410 e. The maximum Gasteiger partial charge on any atom is 0.410 e. The van der Waals surface area contributed by atoms with Crippen molar-refractivity contribution in [3.63, 3.8) is 0 Å². The fraction of sp³-hybridized carbons (Fsp3) is 0.484. The van der Waals surface area contributed by atoms with Gasteiger partial charge in [0.1, 0.15) is 17.2 Å². The Morgan fingerprint density at radius 3 is 2.17 bits per heavy atom. The molecule has 9 nitrogen and oxygen atoms in total. The Hall–Kier alpha value is -3.88. The van der Waals surface area contributed by atoms with Crippen molar-refractivity contribution in [2.45, 2.75) is 71.6 Å². The number of aliphatic imine (C=N–C) groups is 1. The van der Waals surface area contributed by atoms with E-state index in [2.05, 4.69) is 10.2 Å². The second kappa shape index (κ2) is 11.7. The molecule has 1 saturated heterocycles. The summed E-state index contributed by atoms with van der Waals surface area (Å²) in [7, 11) is 0. The number of benzodiazepines with no additional fused rings is 1. The summed E-state index contributed by atoms with van der Waals surface area (Å²) in [6, 6.07) is 14.9. The van der Waals surface area contributed by atoms with Gasteiger partial charge in [0.05, 0.1) is 17.1 Å². The highest BCUT2D eigenvalue weighted by Gasteiger charge is 2.31. The number of hydrogen-bond acceptors (Lipinski definition) is 7. The summed E-state index contributed by atoms with van der Waals surface area (Å²) in [6.07, 6.45) is -0.00945. The molecule has 1 fully saturated rings. The van der Waals surface area contributed by atoms with Gasteiger partial charge in [-0.15, -0.1) is 0 Å². The van der Waals surface area contributed by atoms with Crippen molar-refractivity contribution in [3.05, 3.63) is 59.7 Å². The Kier molecular flexibility index (Phi) is 8.51. The number of para-hydroxylation sites is 1. The van der Waals surface area contributed by atoms with Crippen molar-refractivity contribution in [1.82, 2.24) is 4.90 Å². The Morgan fingerprint density at radius 2 is 1.55 bits per heavy atom. The maximum absolute atomic E-state index is 13.5. The fourth-order valence-electron chi connectivity index (χ4n) is 4.75. The monoisotopic (exact) mass is 548 g/mol. The van der Waals surface area contributed by atoms with Gasteiger partial charge in [0, 0.05) is 43.7 Å². The van der Waals surface area contributed by atoms with Crippen LogP contribution in [0.3, 0.4) is 0 Å². The number of fused-ring (bicyclic) bond motifs is 1. The van der Waals surface area contributed by atoms with Crippen LogP contribution < -0.4 is 10.2 Å². The van der Waals surface area contributed by atoms with Crippen LogP contribution in [0, 0.1) is 0 Å². The first-order valence-electron chi connectivity index (χ1n) is 13.8. The zero-order chi connectivity index (χ0) is 29.1. The predicted octanol–water partition coefficient (Wildman–Crippen LogP) is 5.02. The molecule has 40 heavy (non-hydrogen) atoms. The molecule has 2 aliphatic heterocycles. The topological polar surface area (TPSA) is 101 Å². The highest BCUT2D eigenvalue weighted by atomic mass is 16.6. The average Bonchev–Trinajstić information content (AvgIpc) is 3.02. The quantitative estimate of drug-likeness (QED) is 0.527. The maximum atomic E-state index is 13.5. The van der Waals surface area contributed by atoms with Crippen molar-refractivity contribution in [2.24, 2.45) is 4.99 Å². The molecule has 1 N–H and O–H groups in total. The number of hydrogen-bond donors (Lipinski definition) is 1. The number of rotatable bonds is 5. The number of piperazine rings is 1. The van der Waals surface area contributed by atoms with Crippen LogP contribution in [0.2, 0.25) is 0 Å². The lowest BCUT2D eigenvalue weighted by Crippen LogP contribution is -2.50. The van der Waals surface area contributed by atoms with Gasteiger partial charge >= 0.3 is 12.1 Å². The van der Waals surface area contributed by atoms with Gasteiger partial charge in [-0.05, 0) is 54.0 Å². The summed E-state index contributed by atoms with van der Waals surface area (Å²) in [5, 5.41) is 3.12. The number of nitrogens with one attached hydrogen (secondary N) is 1. The molecule has 0 unspecified atom stereocenters. The van der Waals surface area contributed by atoms with Gasteiger partial charge in [0.2, 0.25) is 5.91 Å². The average molecular weight is 549 g/mol. The number of carbonyl (C=O) groups is 3. The molecule has 0 saturated carbocycles. The molecule has 2 heterocycles. The van der Waals surface area contributed by atoms with E-state index >= 15 is 0 Å². The van der Waals surface area contributed by atoms with Gasteiger partial charge in [-0.25, -0.2) is 4.79 Å². The van der Waals surface area contributed by atoms with E-state index in [1.54, 1.807) is 4.90 Å². The number of anilines is 2. The van der Waals surface area contributed by atoms with Gasteiger partial charge < -0.3 is 24.6 Å². The molecule has 0 radical (unpaired) electrons. The highest BCUT2D eigenvalue weighted by Crippen LogP contribution is 2.35. The molecule has 2 aromatic carbocycles. The number of amides is 2. The summed E-state index contributed by atoms with van der Waals surface area (Å²) in [5.74, 6) is -0.627. The van der Waals surface area contributed by atoms with Crippen molar-refractivity contribution < 1.29 is 23.9 Å². The summed E-state index contributed by atoms with van der Waals surface area (Å²) in [4.78, 5) is 47.3. The normalized spacial score (nSPS) is 17.8. The minimum atomic E-state index is -0.757. The standard InChI is InChI=1S/C31H40N4O5/c1-30(2,3)39-25(36)16-15-23-28(37)33-27-22(26(32-23)21-11-8-7-9-12-21)13-10-14-24(27)34-17-19-35(20-18-34)29(38)40-31(4,5)6/h7-14,23H,15-20H2,1-6H3,(H,33,37)/t23-/m0/s1. The molecule has 2 aliphatic rings. The number of esters is 1.